The highest BCUT2D eigenvalue weighted by atomic mass is 79.9. The molecule has 1 fully saturated rings. The number of halogens is 1. The molecule has 2 rings (SSSR count). The molecule has 0 aromatic carbocycles. The quantitative estimate of drug-likeness (QED) is 0.795. The average Bonchev–Trinajstić information content (AvgIpc) is 2.29. The third-order valence-electron chi connectivity index (χ3n) is 3.16. The summed E-state index contributed by atoms with van der Waals surface area (Å²) in [6.45, 7) is 11.0. The maximum absolute atomic E-state index is 4.39. The number of piperazine rings is 1. The molecular formula is C12H19BrN4. The first-order valence-corrected chi connectivity index (χ1v) is 6.74. The van der Waals surface area contributed by atoms with Crippen molar-refractivity contribution in [1.82, 2.24) is 14.9 Å². The molecular weight excluding hydrogens is 280 g/mol. The normalized spacial score (nSPS) is 18.5. The van der Waals surface area contributed by atoms with Gasteiger partial charge in [0, 0.05) is 31.7 Å². The maximum atomic E-state index is 4.39. The number of hydrogen-bond donors (Lipinski definition) is 0. The van der Waals surface area contributed by atoms with Crippen LogP contribution in [0.25, 0.3) is 0 Å². The summed E-state index contributed by atoms with van der Waals surface area (Å²) in [6, 6.07) is 0. The summed E-state index contributed by atoms with van der Waals surface area (Å²) >= 11 is 3.30. The standard InChI is InChI=1S/C12H19BrN4/c1-12(2,3)17-6-4-16(5-7-17)11-9-14-10(13)8-15-11/h8-9H,4-7H2,1-3H3. The van der Waals surface area contributed by atoms with Crippen molar-refractivity contribution in [3.05, 3.63) is 17.0 Å². The average molecular weight is 299 g/mol. The van der Waals surface area contributed by atoms with E-state index in [0.717, 1.165) is 36.6 Å². The number of rotatable bonds is 1. The minimum absolute atomic E-state index is 0.261. The van der Waals surface area contributed by atoms with Crippen molar-refractivity contribution in [2.75, 3.05) is 31.1 Å². The van der Waals surface area contributed by atoms with Gasteiger partial charge in [-0.15, -0.1) is 0 Å². The van der Waals surface area contributed by atoms with E-state index in [1.165, 1.54) is 0 Å². The Morgan fingerprint density at radius 3 is 2.18 bits per heavy atom. The monoisotopic (exact) mass is 298 g/mol. The third kappa shape index (κ3) is 3.16. The van der Waals surface area contributed by atoms with Gasteiger partial charge >= 0.3 is 0 Å². The Morgan fingerprint density at radius 1 is 1.06 bits per heavy atom. The second-order valence-electron chi connectivity index (χ2n) is 5.34. The van der Waals surface area contributed by atoms with Crippen LogP contribution in [0.2, 0.25) is 0 Å². The predicted molar refractivity (Wildman–Crippen MR) is 73.3 cm³/mol. The van der Waals surface area contributed by atoms with Crippen LogP contribution in [0.15, 0.2) is 17.0 Å². The number of hydrogen-bond acceptors (Lipinski definition) is 4. The van der Waals surface area contributed by atoms with Gasteiger partial charge in [0.25, 0.3) is 0 Å². The van der Waals surface area contributed by atoms with Crippen molar-refractivity contribution in [2.45, 2.75) is 26.3 Å². The Kier molecular flexibility index (Phi) is 3.68. The fourth-order valence-corrected chi connectivity index (χ4v) is 2.28. The molecule has 1 aliphatic rings. The van der Waals surface area contributed by atoms with Gasteiger partial charge in [-0.25, -0.2) is 9.97 Å². The molecule has 0 bridgehead atoms. The second kappa shape index (κ2) is 4.90. The van der Waals surface area contributed by atoms with E-state index in [1.807, 2.05) is 6.20 Å². The first kappa shape index (κ1) is 12.8. The zero-order valence-electron chi connectivity index (χ0n) is 10.6. The molecule has 0 N–H and O–H groups in total. The fraction of sp³-hybridized carbons (Fsp3) is 0.667. The summed E-state index contributed by atoms with van der Waals surface area (Å²) in [5, 5.41) is 0. The van der Waals surface area contributed by atoms with E-state index in [1.54, 1.807) is 6.20 Å². The molecule has 94 valence electrons. The van der Waals surface area contributed by atoms with Gasteiger partial charge in [0.2, 0.25) is 0 Å². The molecule has 1 aliphatic heterocycles. The lowest BCUT2D eigenvalue weighted by molar-refractivity contribution is 0.128. The summed E-state index contributed by atoms with van der Waals surface area (Å²) in [4.78, 5) is 13.4. The fourth-order valence-electron chi connectivity index (χ4n) is 2.08. The van der Waals surface area contributed by atoms with Crippen LogP contribution >= 0.6 is 15.9 Å². The first-order valence-electron chi connectivity index (χ1n) is 5.94. The lowest BCUT2D eigenvalue weighted by Gasteiger charge is -2.42. The van der Waals surface area contributed by atoms with Crippen LogP contribution in [0.5, 0.6) is 0 Å². The molecule has 17 heavy (non-hydrogen) atoms. The maximum Gasteiger partial charge on any atom is 0.147 e. The van der Waals surface area contributed by atoms with E-state index < -0.39 is 0 Å². The Bertz CT molecular complexity index is 363. The minimum atomic E-state index is 0.261. The van der Waals surface area contributed by atoms with E-state index in [0.29, 0.717) is 0 Å². The molecule has 0 unspecified atom stereocenters. The minimum Gasteiger partial charge on any atom is -0.353 e. The van der Waals surface area contributed by atoms with Crippen molar-refractivity contribution in [2.24, 2.45) is 0 Å². The summed E-state index contributed by atoms with van der Waals surface area (Å²) in [5.41, 5.74) is 0.261. The topological polar surface area (TPSA) is 32.3 Å². The van der Waals surface area contributed by atoms with E-state index in [9.17, 15) is 0 Å². The third-order valence-corrected chi connectivity index (χ3v) is 3.57. The van der Waals surface area contributed by atoms with Crippen LogP contribution in [-0.2, 0) is 0 Å². The Morgan fingerprint density at radius 2 is 1.71 bits per heavy atom. The van der Waals surface area contributed by atoms with Crippen LogP contribution in [0, 0.1) is 0 Å². The zero-order chi connectivity index (χ0) is 12.5. The Hall–Kier alpha value is -0.680. The van der Waals surface area contributed by atoms with Gasteiger partial charge < -0.3 is 4.90 Å². The number of aromatic nitrogens is 2. The molecule has 5 heteroatoms. The largest absolute Gasteiger partial charge is 0.353 e. The van der Waals surface area contributed by atoms with Crippen molar-refractivity contribution < 1.29 is 0 Å². The summed E-state index contributed by atoms with van der Waals surface area (Å²) in [6.07, 6.45) is 3.59. The van der Waals surface area contributed by atoms with Crippen LogP contribution in [-0.4, -0.2) is 46.6 Å². The molecule has 1 aromatic rings. The lowest BCUT2D eigenvalue weighted by atomic mass is 10.1. The molecule has 0 atom stereocenters. The van der Waals surface area contributed by atoms with E-state index in [4.69, 9.17) is 0 Å². The molecule has 0 aliphatic carbocycles. The summed E-state index contributed by atoms with van der Waals surface area (Å²) < 4.78 is 0.787. The highest BCUT2D eigenvalue weighted by Crippen LogP contribution is 2.19. The second-order valence-corrected chi connectivity index (χ2v) is 6.15. The van der Waals surface area contributed by atoms with Crippen LogP contribution in [0.4, 0.5) is 5.82 Å². The van der Waals surface area contributed by atoms with Gasteiger partial charge in [0.05, 0.1) is 12.4 Å². The molecule has 1 aromatic heterocycles. The van der Waals surface area contributed by atoms with Gasteiger partial charge in [-0.1, -0.05) is 0 Å². The van der Waals surface area contributed by atoms with Crippen molar-refractivity contribution in [1.29, 1.82) is 0 Å². The van der Waals surface area contributed by atoms with E-state index in [2.05, 4.69) is 56.5 Å². The van der Waals surface area contributed by atoms with Crippen molar-refractivity contribution in [3.8, 4) is 0 Å². The van der Waals surface area contributed by atoms with E-state index >= 15 is 0 Å². The SMILES string of the molecule is CC(C)(C)N1CCN(c2cnc(Br)cn2)CC1. The van der Waals surface area contributed by atoms with Crippen molar-refractivity contribution in [3.63, 3.8) is 0 Å². The zero-order valence-corrected chi connectivity index (χ0v) is 12.2. The molecule has 4 nitrogen and oxygen atoms in total. The number of anilines is 1. The molecule has 0 saturated carbocycles. The predicted octanol–water partition coefficient (Wildman–Crippen LogP) is 2.16. The first-order chi connectivity index (χ1) is 7.97. The molecule has 0 spiro atoms. The highest BCUT2D eigenvalue weighted by Gasteiger charge is 2.26. The smallest absolute Gasteiger partial charge is 0.147 e. The summed E-state index contributed by atoms with van der Waals surface area (Å²) in [5.74, 6) is 0.974. The van der Waals surface area contributed by atoms with Gasteiger partial charge in [-0.05, 0) is 36.7 Å². The molecule has 0 radical (unpaired) electrons. The molecule has 0 amide bonds. The van der Waals surface area contributed by atoms with Gasteiger partial charge in [0.1, 0.15) is 10.4 Å². The van der Waals surface area contributed by atoms with Gasteiger partial charge in [0.15, 0.2) is 0 Å². The van der Waals surface area contributed by atoms with E-state index in [-0.39, 0.29) is 5.54 Å². The Balaban J connectivity index is 1.97. The van der Waals surface area contributed by atoms with Crippen LogP contribution < -0.4 is 4.90 Å². The highest BCUT2D eigenvalue weighted by molar-refractivity contribution is 9.10. The Labute approximate surface area is 111 Å². The molecule has 2 heterocycles. The van der Waals surface area contributed by atoms with Crippen LogP contribution in [0.1, 0.15) is 20.8 Å². The summed E-state index contributed by atoms with van der Waals surface area (Å²) in [7, 11) is 0. The lowest BCUT2D eigenvalue weighted by Crippen LogP contribution is -2.53. The van der Waals surface area contributed by atoms with Gasteiger partial charge in [-0.3, -0.25) is 4.90 Å². The van der Waals surface area contributed by atoms with Gasteiger partial charge in [-0.2, -0.15) is 0 Å². The molecule has 1 saturated heterocycles. The van der Waals surface area contributed by atoms with Crippen molar-refractivity contribution >= 4 is 21.7 Å². The van der Waals surface area contributed by atoms with Crippen LogP contribution in [0.3, 0.4) is 0 Å². The number of nitrogens with zero attached hydrogens (tertiary/aromatic N) is 4.